The zero-order valence-electron chi connectivity index (χ0n) is 9.02. The van der Waals surface area contributed by atoms with E-state index in [2.05, 4.69) is 20.1 Å². The fraction of sp³-hybridized carbons (Fsp3) is 0.818. The first-order valence-corrected chi connectivity index (χ1v) is 6.03. The van der Waals surface area contributed by atoms with Crippen molar-refractivity contribution in [2.45, 2.75) is 38.1 Å². The molecule has 0 saturated carbocycles. The van der Waals surface area contributed by atoms with Crippen LogP contribution in [0.5, 0.6) is 0 Å². The molecule has 0 aromatic carbocycles. The van der Waals surface area contributed by atoms with Gasteiger partial charge in [0, 0.05) is 12.5 Å². The summed E-state index contributed by atoms with van der Waals surface area (Å²) < 4.78 is 2.25. The van der Waals surface area contributed by atoms with Crippen molar-refractivity contribution in [2.75, 3.05) is 13.1 Å². The van der Waals surface area contributed by atoms with Crippen LogP contribution in [-0.4, -0.2) is 27.9 Å². The molecule has 0 radical (unpaired) electrons. The first-order chi connectivity index (χ1) is 7.45. The summed E-state index contributed by atoms with van der Waals surface area (Å²) in [4.78, 5) is 0. The van der Waals surface area contributed by atoms with Gasteiger partial charge in [-0.25, -0.2) is 0 Å². The maximum absolute atomic E-state index is 4.31. The van der Waals surface area contributed by atoms with Crippen LogP contribution in [0.4, 0.5) is 0 Å². The predicted molar refractivity (Wildman–Crippen MR) is 57.6 cm³/mol. The van der Waals surface area contributed by atoms with Crippen molar-refractivity contribution in [3.05, 3.63) is 12.2 Å². The highest BCUT2D eigenvalue weighted by Crippen LogP contribution is 2.36. The summed E-state index contributed by atoms with van der Waals surface area (Å²) in [7, 11) is 0. The minimum atomic E-state index is 0.670. The fourth-order valence-corrected chi connectivity index (χ4v) is 3.03. The summed E-state index contributed by atoms with van der Waals surface area (Å²) in [6, 6.07) is 0. The molecule has 1 saturated heterocycles. The zero-order valence-corrected chi connectivity index (χ0v) is 9.02. The number of hydrogen-bond acceptors (Lipinski definition) is 3. The van der Waals surface area contributed by atoms with E-state index in [0.717, 1.165) is 12.5 Å². The van der Waals surface area contributed by atoms with E-state index >= 15 is 0 Å². The van der Waals surface area contributed by atoms with Gasteiger partial charge < -0.3 is 9.88 Å². The highest BCUT2D eigenvalue weighted by molar-refractivity contribution is 5.03. The van der Waals surface area contributed by atoms with E-state index < -0.39 is 0 Å². The van der Waals surface area contributed by atoms with Gasteiger partial charge in [0.2, 0.25) is 0 Å². The van der Waals surface area contributed by atoms with Crippen LogP contribution < -0.4 is 5.32 Å². The van der Waals surface area contributed by atoms with Crippen LogP contribution in [-0.2, 0) is 6.54 Å². The van der Waals surface area contributed by atoms with Crippen LogP contribution in [0.25, 0.3) is 0 Å². The van der Waals surface area contributed by atoms with Gasteiger partial charge in [-0.2, -0.15) is 0 Å². The van der Waals surface area contributed by atoms with Gasteiger partial charge in [0.1, 0.15) is 12.2 Å². The third-order valence-electron chi connectivity index (χ3n) is 3.84. The van der Waals surface area contributed by atoms with Gasteiger partial charge in [0.15, 0.2) is 0 Å². The van der Waals surface area contributed by atoms with Crippen molar-refractivity contribution >= 4 is 0 Å². The monoisotopic (exact) mass is 206 g/mol. The summed E-state index contributed by atoms with van der Waals surface area (Å²) in [5, 5.41) is 11.8. The normalized spacial score (nSPS) is 27.6. The number of nitrogens with one attached hydrogen (secondary N) is 1. The Morgan fingerprint density at radius 2 is 2.13 bits per heavy atom. The highest BCUT2D eigenvalue weighted by atomic mass is 15.3. The van der Waals surface area contributed by atoms with Gasteiger partial charge in [0.25, 0.3) is 0 Å². The summed E-state index contributed by atoms with van der Waals surface area (Å²) in [5.74, 6) is 2.74. The fourth-order valence-electron chi connectivity index (χ4n) is 3.03. The molecule has 0 spiro atoms. The third kappa shape index (κ3) is 1.67. The quantitative estimate of drug-likeness (QED) is 0.749. The van der Waals surface area contributed by atoms with Gasteiger partial charge in [-0.15, -0.1) is 10.2 Å². The molecule has 1 unspecified atom stereocenters. The Balaban J connectivity index is 1.82. The molecule has 15 heavy (non-hydrogen) atoms. The molecule has 82 valence electrons. The summed E-state index contributed by atoms with van der Waals surface area (Å²) in [6.45, 7) is 3.47. The second-order valence-electron chi connectivity index (χ2n) is 4.72. The van der Waals surface area contributed by atoms with Crippen molar-refractivity contribution in [2.24, 2.45) is 5.92 Å². The summed E-state index contributed by atoms with van der Waals surface area (Å²) >= 11 is 0. The number of aryl methyl sites for hydroxylation is 1. The van der Waals surface area contributed by atoms with Gasteiger partial charge in [-0.1, -0.05) is 0 Å². The Labute approximate surface area is 90.1 Å². The lowest BCUT2D eigenvalue weighted by atomic mass is 9.80. The molecule has 2 aliphatic heterocycles. The second-order valence-corrected chi connectivity index (χ2v) is 4.72. The SMILES string of the molecule is c1nnc2n1CCCC2C1CCNCC1. The topological polar surface area (TPSA) is 42.7 Å². The summed E-state index contributed by atoms with van der Waals surface area (Å²) in [5.41, 5.74) is 0. The number of fused-ring (bicyclic) bond motifs is 1. The van der Waals surface area contributed by atoms with E-state index in [1.54, 1.807) is 0 Å². The van der Waals surface area contributed by atoms with Gasteiger partial charge >= 0.3 is 0 Å². The van der Waals surface area contributed by atoms with Gasteiger partial charge in [0.05, 0.1) is 0 Å². The van der Waals surface area contributed by atoms with E-state index in [1.807, 2.05) is 6.33 Å². The van der Waals surface area contributed by atoms with Crippen molar-refractivity contribution in [3.8, 4) is 0 Å². The molecule has 4 heteroatoms. The largest absolute Gasteiger partial charge is 0.317 e. The Morgan fingerprint density at radius 1 is 1.27 bits per heavy atom. The average Bonchev–Trinajstić information content (AvgIpc) is 2.78. The molecule has 1 fully saturated rings. The van der Waals surface area contributed by atoms with E-state index in [-0.39, 0.29) is 0 Å². The third-order valence-corrected chi connectivity index (χ3v) is 3.84. The maximum atomic E-state index is 4.31. The van der Waals surface area contributed by atoms with Crippen LogP contribution in [0.2, 0.25) is 0 Å². The van der Waals surface area contributed by atoms with E-state index in [1.165, 1.54) is 44.6 Å². The van der Waals surface area contributed by atoms with Gasteiger partial charge in [-0.05, 0) is 44.7 Å². The first-order valence-electron chi connectivity index (χ1n) is 6.03. The van der Waals surface area contributed by atoms with E-state index in [9.17, 15) is 0 Å². The molecule has 1 N–H and O–H groups in total. The molecule has 0 bridgehead atoms. The molecule has 1 aromatic heterocycles. The average molecular weight is 206 g/mol. The lowest BCUT2D eigenvalue weighted by Crippen LogP contribution is -2.33. The predicted octanol–water partition coefficient (Wildman–Crippen LogP) is 1.16. The van der Waals surface area contributed by atoms with Crippen LogP contribution in [0.15, 0.2) is 6.33 Å². The lowest BCUT2D eigenvalue weighted by molar-refractivity contribution is 0.269. The van der Waals surface area contributed by atoms with Crippen molar-refractivity contribution in [3.63, 3.8) is 0 Å². The van der Waals surface area contributed by atoms with Crippen molar-refractivity contribution < 1.29 is 0 Å². The second kappa shape index (κ2) is 3.93. The Hall–Kier alpha value is -0.900. The number of piperidine rings is 1. The molecule has 0 amide bonds. The number of aromatic nitrogens is 3. The van der Waals surface area contributed by atoms with E-state index in [4.69, 9.17) is 0 Å². The molecular weight excluding hydrogens is 188 g/mol. The van der Waals surface area contributed by atoms with Crippen molar-refractivity contribution in [1.29, 1.82) is 0 Å². The Kier molecular flexibility index (Phi) is 2.44. The number of rotatable bonds is 1. The molecule has 0 aliphatic carbocycles. The minimum absolute atomic E-state index is 0.670. The lowest BCUT2D eigenvalue weighted by Gasteiger charge is -2.32. The van der Waals surface area contributed by atoms with Crippen LogP contribution in [0.3, 0.4) is 0 Å². The Bertz CT molecular complexity index is 327. The minimum Gasteiger partial charge on any atom is -0.317 e. The first kappa shape index (κ1) is 9.33. The molecule has 2 aliphatic rings. The highest BCUT2D eigenvalue weighted by Gasteiger charge is 2.30. The number of hydrogen-bond donors (Lipinski definition) is 1. The zero-order chi connectivity index (χ0) is 10.1. The molecule has 1 aromatic rings. The standard InChI is InChI=1S/C11H18N4/c1-2-10(9-3-5-12-6-4-9)11-14-13-8-15(11)7-1/h8-10,12H,1-7H2. The van der Waals surface area contributed by atoms with Crippen LogP contribution >= 0.6 is 0 Å². The molecule has 3 heterocycles. The molecule has 4 nitrogen and oxygen atoms in total. The van der Waals surface area contributed by atoms with Crippen molar-refractivity contribution in [1.82, 2.24) is 20.1 Å². The Morgan fingerprint density at radius 3 is 3.00 bits per heavy atom. The maximum Gasteiger partial charge on any atom is 0.136 e. The molecular formula is C11H18N4. The number of nitrogens with zero attached hydrogens (tertiary/aromatic N) is 3. The van der Waals surface area contributed by atoms with Crippen LogP contribution in [0.1, 0.15) is 37.4 Å². The van der Waals surface area contributed by atoms with Crippen LogP contribution in [0, 0.1) is 5.92 Å². The molecule has 3 rings (SSSR count). The molecule has 1 atom stereocenters. The summed E-state index contributed by atoms with van der Waals surface area (Å²) in [6.07, 6.45) is 7.10. The van der Waals surface area contributed by atoms with E-state index in [0.29, 0.717) is 5.92 Å². The van der Waals surface area contributed by atoms with Gasteiger partial charge in [-0.3, -0.25) is 0 Å². The smallest absolute Gasteiger partial charge is 0.136 e.